The number of nitrogens with one attached hydrogen (secondary N) is 2. The van der Waals surface area contributed by atoms with Crippen LogP contribution >= 0.6 is 24.0 Å². The fourth-order valence-electron chi connectivity index (χ4n) is 3.17. The van der Waals surface area contributed by atoms with Crippen molar-refractivity contribution in [3.05, 3.63) is 35.4 Å². The first-order chi connectivity index (χ1) is 14.2. The lowest BCUT2D eigenvalue weighted by atomic mass is 9.84. The number of alkyl halides is 3. The van der Waals surface area contributed by atoms with Crippen molar-refractivity contribution in [1.29, 1.82) is 0 Å². The second-order valence-corrected chi connectivity index (χ2v) is 8.24. The van der Waals surface area contributed by atoms with Crippen LogP contribution < -0.4 is 10.6 Å². The number of halogens is 4. The number of ether oxygens (including phenoxy) is 2. The maximum atomic E-state index is 13.0. The minimum atomic E-state index is -4.35. The van der Waals surface area contributed by atoms with E-state index in [0.717, 1.165) is 38.7 Å². The normalized spacial score (nSPS) is 17.4. The zero-order chi connectivity index (χ0) is 22.0. The summed E-state index contributed by atoms with van der Waals surface area (Å²) in [6.45, 7) is 10.6. The number of rotatable bonds is 10. The summed E-state index contributed by atoms with van der Waals surface area (Å²) in [4.78, 5) is 4.59. The standard InChI is InChI=1S/C22H34F3N3O2.HI/c1-4-26-20(27-10-6-11-29-14-17-9-12-30-15-17)28-16-21(2,3)18-7-5-8-19(13-18)22(23,24)25;/h5,7-8,13,17H,4,6,9-12,14-16H2,1-3H3,(H2,26,27,28);1H. The third kappa shape index (κ3) is 9.95. The summed E-state index contributed by atoms with van der Waals surface area (Å²) >= 11 is 0. The Balaban J connectivity index is 0.00000480. The summed E-state index contributed by atoms with van der Waals surface area (Å²) < 4.78 is 50.1. The van der Waals surface area contributed by atoms with Crippen LogP contribution in [0.4, 0.5) is 13.2 Å². The van der Waals surface area contributed by atoms with Gasteiger partial charge in [0.25, 0.3) is 0 Å². The van der Waals surface area contributed by atoms with Crippen molar-refractivity contribution in [3.8, 4) is 0 Å². The van der Waals surface area contributed by atoms with Gasteiger partial charge in [0.2, 0.25) is 0 Å². The van der Waals surface area contributed by atoms with Crippen molar-refractivity contribution in [3.63, 3.8) is 0 Å². The molecule has 1 aliphatic rings. The molecule has 1 atom stereocenters. The monoisotopic (exact) mass is 557 g/mol. The van der Waals surface area contributed by atoms with Crippen LogP contribution in [0, 0.1) is 5.92 Å². The van der Waals surface area contributed by atoms with Crippen LogP contribution in [-0.2, 0) is 21.1 Å². The van der Waals surface area contributed by atoms with Crippen LogP contribution in [0.5, 0.6) is 0 Å². The van der Waals surface area contributed by atoms with Gasteiger partial charge in [0.15, 0.2) is 5.96 Å². The number of hydrogen-bond acceptors (Lipinski definition) is 3. The van der Waals surface area contributed by atoms with Gasteiger partial charge in [0, 0.05) is 37.6 Å². The van der Waals surface area contributed by atoms with Gasteiger partial charge in [-0.05, 0) is 31.4 Å². The van der Waals surface area contributed by atoms with E-state index in [1.54, 1.807) is 6.07 Å². The summed E-state index contributed by atoms with van der Waals surface area (Å²) in [6.07, 6.45) is -2.44. The van der Waals surface area contributed by atoms with E-state index in [-0.39, 0.29) is 24.0 Å². The van der Waals surface area contributed by atoms with Crippen LogP contribution in [0.15, 0.2) is 29.3 Å². The molecule has 0 spiro atoms. The predicted molar refractivity (Wildman–Crippen MR) is 128 cm³/mol. The van der Waals surface area contributed by atoms with E-state index in [9.17, 15) is 13.2 Å². The number of aliphatic imine (C=N–C) groups is 1. The fourth-order valence-corrected chi connectivity index (χ4v) is 3.17. The zero-order valence-electron chi connectivity index (χ0n) is 18.6. The Bertz CT molecular complexity index is 678. The van der Waals surface area contributed by atoms with Gasteiger partial charge in [-0.2, -0.15) is 13.2 Å². The van der Waals surface area contributed by atoms with Crippen molar-refractivity contribution in [2.45, 2.75) is 45.2 Å². The first kappa shape index (κ1) is 28.0. The van der Waals surface area contributed by atoms with E-state index in [0.29, 0.717) is 43.7 Å². The Labute approximate surface area is 200 Å². The van der Waals surface area contributed by atoms with Crippen LogP contribution in [-0.4, -0.2) is 52.0 Å². The van der Waals surface area contributed by atoms with Gasteiger partial charge in [0.05, 0.1) is 25.3 Å². The molecule has 9 heteroatoms. The Kier molecular flexibility index (Phi) is 12.2. The van der Waals surface area contributed by atoms with Crippen molar-refractivity contribution in [1.82, 2.24) is 10.6 Å². The number of nitrogens with zero attached hydrogens (tertiary/aromatic N) is 1. The third-order valence-corrected chi connectivity index (χ3v) is 5.08. The lowest BCUT2D eigenvalue weighted by Gasteiger charge is -2.25. The second kappa shape index (κ2) is 13.5. The molecule has 0 bridgehead atoms. The molecule has 1 heterocycles. The molecule has 0 radical (unpaired) electrons. The SMILES string of the molecule is CCNC(=NCC(C)(C)c1cccc(C(F)(F)F)c1)NCCCOCC1CCOC1.I. The molecular weight excluding hydrogens is 522 g/mol. The predicted octanol–water partition coefficient (Wildman–Crippen LogP) is 4.60. The highest BCUT2D eigenvalue weighted by Gasteiger charge is 2.32. The van der Waals surface area contributed by atoms with Crippen molar-refractivity contribution in [2.75, 3.05) is 46.1 Å². The molecule has 1 unspecified atom stereocenters. The van der Waals surface area contributed by atoms with Gasteiger partial charge in [-0.3, -0.25) is 4.99 Å². The van der Waals surface area contributed by atoms with Crippen LogP contribution in [0.25, 0.3) is 0 Å². The van der Waals surface area contributed by atoms with Crippen molar-refractivity contribution >= 4 is 29.9 Å². The molecule has 1 aromatic carbocycles. The molecule has 2 rings (SSSR count). The smallest absolute Gasteiger partial charge is 0.381 e. The Morgan fingerprint density at radius 2 is 1.97 bits per heavy atom. The van der Waals surface area contributed by atoms with E-state index >= 15 is 0 Å². The summed E-state index contributed by atoms with van der Waals surface area (Å²) in [7, 11) is 0. The topological polar surface area (TPSA) is 54.9 Å². The molecule has 5 nitrogen and oxygen atoms in total. The van der Waals surface area contributed by atoms with Gasteiger partial charge in [-0.15, -0.1) is 24.0 Å². The van der Waals surface area contributed by atoms with E-state index in [1.165, 1.54) is 12.1 Å². The molecule has 2 N–H and O–H groups in total. The highest BCUT2D eigenvalue weighted by atomic mass is 127. The van der Waals surface area contributed by atoms with E-state index in [2.05, 4.69) is 15.6 Å². The van der Waals surface area contributed by atoms with Crippen molar-refractivity contribution < 1.29 is 22.6 Å². The molecule has 0 aromatic heterocycles. The first-order valence-corrected chi connectivity index (χ1v) is 10.6. The molecular formula is C22H35F3IN3O2. The molecule has 1 aliphatic heterocycles. The average molecular weight is 557 g/mol. The molecule has 1 aromatic rings. The number of guanidine groups is 1. The molecule has 178 valence electrons. The third-order valence-electron chi connectivity index (χ3n) is 5.08. The molecule has 0 aliphatic carbocycles. The maximum absolute atomic E-state index is 13.0. The number of hydrogen-bond donors (Lipinski definition) is 2. The molecule has 31 heavy (non-hydrogen) atoms. The molecule has 1 fully saturated rings. The van der Waals surface area contributed by atoms with E-state index in [1.807, 2.05) is 20.8 Å². The maximum Gasteiger partial charge on any atom is 0.416 e. The minimum Gasteiger partial charge on any atom is -0.381 e. The number of benzene rings is 1. The highest BCUT2D eigenvalue weighted by Crippen LogP contribution is 2.32. The minimum absolute atomic E-state index is 0. The van der Waals surface area contributed by atoms with Crippen LogP contribution in [0.3, 0.4) is 0 Å². The summed E-state index contributed by atoms with van der Waals surface area (Å²) in [5.41, 5.74) is -0.553. The zero-order valence-corrected chi connectivity index (χ0v) is 20.9. The quantitative estimate of drug-likeness (QED) is 0.191. The van der Waals surface area contributed by atoms with Gasteiger partial charge in [-0.1, -0.05) is 32.0 Å². The van der Waals surface area contributed by atoms with Gasteiger partial charge >= 0.3 is 6.18 Å². The van der Waals surface area contributed by atoms with Gasteiger partial charge < -0.3 is 20.1 Å². The van der Waals surface area contributed by atoms with Gasteiger partial charge in [0.1, 0.15) is 0 Å². The first-order valence-electron chi connectivity index (χ1n) is 10.6. The Hall–Kier alpha value is -1.07. The second-order valence-electron chi connectivity index (χ2n) is 8.24. The fraction of sp³-hybridized carbons (Fsp3) is 0.682. The van der Waals surface area contributed by atoms with Crippen molar-refractivity contribution in [2.24, 2.45) is 10.9 Å². The average Bonchev–Trinajstić information content (AvgIpc) is 3.21. The highest BCUT2D eigenvalue weighted by molar-refractivity contribution is 14.0. The molecule has 1 saturated heterocycles. The van der Waals surface area contributed by atoms with Crippen LogP contribution in [0.2, 0.25) is 0 Å². The van der Waals surface area contributed by atoms with Crippen LogP contribution in [0.1, 0.15) is 44.7 Å². The molecule has 0 saturated carbocycles. The van der Waals surface area contributed by atoms with E-state index in [4.69, 9.17) is 9.47 Å². The Morgan fingerprint density at radius 3 is 2.61 bits per heavy atom. The summed E-state index contributed by atoms with van der Waals surface area (Å²) in [5.74, 6) is 1.16. The lowest BCUT2D eigenvalue weighted by Crippen LogP contribution is -2.39. The largest absolute Gasteiger partial charge is 0.416 e. The molecule has 0 amide bonds. The summed E-state index contributed by atoms with van der Waals surface area (Å²) in [5, 5.41) is 6.44. The summed E-state index contributed by atoms with van der Waals surface area (Å²) in [6, 6.07) is 5.47. The lowest BCUT2D eigenvalue weighted by molar-refractivity contribution is -0.137. The van der Waals surface area contributed by atoms with E-state index < -0.39 is 17.2 Å². The van der Waals surface area contributed by atoms with Gasteiger partial charge in [-0.25, -0.2) is 0 Å². The Morgan fingerprint density at radius 1 is 1.23 bits per heavy atom.